The molecule has 1 aliphatic heterocycles. The Hall–Kier alpha value is -2.72. The maximum absolute atomic E-state index is 14.1. The smallest absolute Gasteiger partial charge is 0.218 e. The van der Waals surface area contributed by atoms with E-state index in [-0.39, 0.29) is 17.5 Å². The number of hydrogen-bond acceptors (Lipinski definition) is 5. The highest BCUT2D eigenvalue weighted by atomic mass is 19.1. The molecule has 6 nitrogen and oxygen atoms in total. The van der Waals surface area contributed by atoms with Crippen LogP contribution in [0.15, 0.2) is 30.6 Å². The van der Waals surface area contributed by atoms with Gasteiger partial charge in [-0.3, -0.25) is 0 Å². The molecule has 1 aliphatic carbocycles. The van der Waals surface area contributed by atoms with Crippen molar-refractivity contribution in [2.24, 2.45) is 11.8 Å². The monoisotopic (exact) mass is 354 g/mol. The Morgan fingerprint density at radius 1 is 1.19 bits per heavy atom. The zero-order valence-electron chi connectivity index (χ0n) is 14.2. The first-order chi connectivity index (χ1) is 12.7. The number of halogens is 1. The van der Waals surface area contributed by atoms with Crippen molar-refractivity contribution in [3.05, 3.63) is 47.8 Å². The fourth-order valence-electron chi connectivity index (χ4n) is 3.70. The number of nitrogens with zero attached hydrogens (tertiary/aromatic N) is 3. The van der Waals surface area contributed by atoms with Crippen molar-refractivity contribution in [3.63, 3.8) is 0 Å². The second kappa shape index (κ2) is 7.26. The molecule has 26 heavy (non-hydrogen) atoms. The Morgan fingerprint density at radius 2 is 2.00 bits per heavy atom. The number of aromatic nitrogens is 2. The third-order valence-electron chi connectivity index (χ3n) is 4.99. The third-order valence-corrected chi connectivity index (χ3v) is 4.99. The van der Waals surface area contributed by atoms with Gasteiger partial charge in [-0.15, -0.1) is 0 Å². The number of ether oxygens (including phenoxy) is 2. The Morgan fingerprint density at radius 3 is 2.73 bits per heavy atom. The van der Waals surface area contributed by atoms with E-state index in [2.05, 4.69) is 20.1 Å². The summed E-state index contributed by atoms with van der Waals surface area (Å²) in [6.45, 7) is 8.39. The highest BCUT2D eigenvalue weighted by Crippen LogP contribution is 2.36. The van der Waals surface area contributed by atoms with Crippen molar-refractivity contribution in [1.29, 1.82) is 0 Å². The molecule has 2 aromatic rings. The fraction of sp³-hybridized carbons (Fsp3) is 0.421. The summed E-state index contributed by atoms with van der Waals surface area (Å²) in [5, 5.41) is 2.92. The van der Waals surface area contributed by atoms with Crippen molar-refractivity contribution in [1.82, 2.24) is 9.97 Å². The van der Waals surface area contributed by atoms with Gasteiger partial charge in [-0.2, -0.15) is 0 Å². The maximum Gasteiger partial charge on any atom is 0.218 e. The molecule has 7 heteroatoms. The van der Waals surface area contributed by atoms with Crippen LogP contribution in [0.3, 0.4) is 0 Å². The normalized spacial score (nSPS) is 24.5. The van der Waals surface area contributed by atoms with Gasteiger partial charge in [0.2, 0.25) is 5.88 Å². The molecule has 2 unspecified atom stereocenters. The summed E-state index contributed by atoms with van der Waals surface area (Å²) in [5.41, 5.74) is 0.510. The molecular weight excluding hydrogens is 335 g/mol. The topological polar surface area (TPSA) is 60.6 Å². The van der Waals surface area contributed by atoms with E-state index in [1.165, 1.54) is 24.9 Å². The van der Waals surface area contributed by atoms with Crippen molar-refractivity contribution < 1.29 is 13.9 Å². The van der Waals surface area contributed by atoms with Gasteiger partial charge in [-0.25, -0.2) is 19.2 Å². The molecule has 1 aromatic heterocycles. The van der Waals surface area contributed by atoms with Crippen LogP contribution in [0.1, 0.15) is 19.3 Å². The summed E-state index contributed by atoms with van der Waals surface area (Å²) < 4.78 is 25.9. The van der Waals surface area contributed by atoms with Gasteiger partial charge in [0, 0.05) is 17.9 Å². The van der Waals surface area contributed by atoms with E-state index in [1.54, 1.807) is 12.1 Å². The molecule has 2 atom stereocenters. The lowest BCUT2D eigenvalue weighted by molar-refractivity contribution is -0.0918. The zero-order chi connectivity index (χ0) is 17.9. The Kier molecular flexibility index (Phi) is 4.67. The molecular formula is C19H19FN4O2. The lowest BCUT2D eigenvalue weighted by Crippen LogP contribution is -2.46. The average Bonchev–Trinajstić information content (AvgIpc) is 2.63. The number of fused-ring (bicyclic) bond motifs is 2. The lowest BCUT2D eigenvalue weighted by atomic mass is 9.78. The van der Waals surface area contributed by atoms with Crippen LogP contribution in [0.25, 0.3) is 4.85 Å². The van der Waals surface area contributed by atoms with Crippen LogP contribution in [-0.4, -0.2) is 29.3 Å². The van der Waals surface area contributed by atoms with Gasteiger partial charge in [0.15, 0.2) is 5.69 Å². The van der Waals surface area contributed by atoms with E-state index < -0.39 is 5.82 Å². The molecule has 2 aliphatic rings. The number of anilines is 2. The van der Waals surface area contributed by atoms with Crippen molar-refractivity contribution in [3.8, 4) is 5.88 Å². The minimum Gasteiger partial charge on any atom is -0.473 e. The number of nitrogens with one attached hydrogen (secondary N) is 1. The summed E-state index contributed by atoms with van der Waals surface area (Å²) in [6, 6.07) is 5.94. The van der Waals surface area contributed by atoms with E-state index in [0.29, 0.717) is 23.5 Å². The lowest BCUT2D eigenvalue weighted by Gasteiger charge is -2.41. The summed E-state index contributed by atoms with van der Waals surface area (Å²) in [4.78, 5) is 11.5. The molecule has 1 saturated carbocycles. The van der Waals surface area contributed by atoms with E-state index in [0.717, 1.165) is 26.1 Å². The second-order valence-electron chi connectivity index (χ2n) is 6.71. The Balaban J connectivity index is 1.49. The second-order valence-corrected chi connectivity index (χ2v) is 6.71. The fourth-order valence-corrected chi connectivity index (χ4v) is 3.70. The van der Waals surface area contributed by atoms with E-state index in [4.69, 9.17) is 16.0 Å². The third kappa shape index (κ3) is 3.46. The highest BCUT2D eigenvalue weighted by Gasteiger charge is 2.39. The standard InChI is InChI=1S/C19H19FN4O2/c1-21-14-5-6-16(15(20)7-14)24-17-8-18(23-11-22-17)26-19-12-3-2-4-13(19)10-25-9-12/h5-8,11-13,19H,2-4,9-10H2,(H,22,23,24). The number of benzene rings is 1. The van der Waals surface area contributed by atoms with Crippen molar-refractivity contribution in [2.45, 2.75) is 25.4 Å². The first kappa shape index (κ1) is 16.7. The van der Waals surface area contributed by atoms with Crippen LogP contribution < -0.4 is 10.1 Å². The molecule has 2 bridgehead atoms. The van der Waals surface area contributed by atoms with Crippen LogP contribution in [0.2, 0.25) is 0 Å². The van der Waals surface area contributed by atoms with E-state index in [1.807, 2.05) is 0 Å². The van der Waals surface area contributed by atoms with Crippen LogP contribution in [0.4, 0.5) is 21.6 Å². The van der Waals surface area contributed by atoms with Crippen LogP contribution in [0, 0.1) is 24.2 Å². The summed E-state index contributed by atoms with van der Waals surface area (Å²) in [7, 11) is 0. The van der Waals surface area contributed by atoms with Gasteiger partial charge in [0.1, 0.15) is 24.1 Å². The van der Waals surface area contributed by atoms with Gasteiger partial charge >= 0.3 is 0 Å². The van der Waals surface area contributed by atoms with Gasteiger partial charge in [-0.05, 0) is 25.0 Å². The molecule has 134 valence electrons. The Labute approximate surface area is 151 Å². The minimum atomic E-state index is -0.501. The summed E-state index contributed by atoms with van der Waals surface area (Å²) in [6.07, 6.45) is 4.94. The van der Waals surface area contributed by atoms with Gasteiger partial charge in [0.25, 0.3) is 0 Å². The van der Waals surface area contributed by atoms with Gasteiger partial charge in [-0.1, -0.05) is 12.5 Å². The molecule has 0 spiro atoms. The maximum atomic E-state index is 14.1. The highest BCUT2D eigenvalue weighted by molar-refractivity contribution is 5.61. The average molecular weight is 354 g/mol. The molecule has 2 heterocycles. The summed E-state index contributed by atoms with van der Waals surface area (Å²) >= 11 is 0. The largest absolute Gasteiger partial charge is 0.473 e. The zero-order valence-corrected chi connectivity index (χ0v) is 14.2. The molecule has 2 fully saturated rings. The molecule has 1 saturated heterocycles. The quantitative estimate of drug-likeness (QED) is 0.838. The van der Waals surface area contributed by atoms with Gasteiger partial charge < -0.3 is 14.8 Å². The first-order valence-electron chi connectivity index (χ1n) is 8.73. The Bertz CT molecular complexity index is 817. The van der Waals surface area contributed by atoms with Crippen LogP contribution in [0.5, 0.6) is 5.88 Å². The van der Waals surface area contributed by atoms with Gasteiger partial charge in [0.05, 0.1) is 25.5 Å². The molecule has 0 radical (unpaired) electrons. The van der Waals surface area contributed by atoms with Crippen molar-refractivity contribution in [2.75, 3.05) is 18.5 Å². The van der Waals surface area contributed by atoms with E-state index in [9.17, 15) is 4.39 Å². The van der Waals surface area contributed by atoms with Crippen LogP contribution >= 0.6 is 0 Å². The predicted molar refractivity (Wildman–Crippen MR) is 94.0 cm³/mol. The number of rotatable bonds is 4. The minimum absolute atomic E-state index is 0.106. The van der Waals surface area contributed by atoms with Crippen molar-refractivity contribution >= 4 is 17.2 Å². The predicted octanol–water partition coefficient (Wildman–Crippen LogP) is 4.10. The summed E-state index contributed by atoms with van der Waals surface area (Å²) in [5.74, 6) is 1.21. The van der Waals surface area contributed by atoms with Crippen LogP contribution in [-0.2, 0) is 4.74 Å². The SMILES string of the molecule is [C-]#[N+]c1ccc(Nc2cc(OC3C4CCCC3COC4)ncn2)c(F)c1. The van der Waals surface area contributed by atoms with E-state index >= 15 is 0 Å². The molecule has 0 amide bonds. The molecule has 1 N–H and O–H groups in total. The first-order valence-corrected chi connectivity index (χ1v) is 8.73. The molecule has 1 aromatic carbocycles. The number of hydrogen-bond donors (Lipinski definition) is 1. The molecule has 4 rings (SSSR count).